The average Bonchev–Trinajstić information content (AvgIpc) is 2.85. The summed E-state index contributed by atoms with van der Waals surface area (Å²) in [5.41, 5.74) is 1.47. The van der Waals surface area contributed by atoms with E-state index in [4.69, 9.17) is 4.74 Å². The zero-order valence-electron chi connectivity index (χ0n) is 18.8. The molecule has 0 aliphatic heterocycles. The monoisotopic (exact) mass is 444 g/mol. The lowest BCUT2D eigenvalue weighted by Crippen LogP contribution is -2.40. The number of amides is 1. The molecule has 2 aromatic heterocycles. The van der Waals surface area contributed by atoms with E-state index in [1.165, 1.54) is 10.8 Å². The van der Waals surface area contributed by atoms with Gasteiger partial charge in [0.2, 0.25) is 11.8 Å². The highest BCUT2D eigenvalue weighted by Crippen LogP contribution is 2.25. The molecule has 1 fully saturated rings. The van der Waals surface area contributed by atoms with E-state index < -0.39 is 5.92 Å². The first-order chi connectivity index (χ1) is 16.1. The number of hydrogen-bond acceptors (Lipinski definition) is 5. The molecule has 1 aliphatic rings. The first kappa shape index (κ1) is 22.5. The second-order valence-corrected chi connectivity index (χ2v) is 8.46. The Hall–Kier alpha value is -3.66. The molecule has 1 amide bonds. The molecule has 7 heteroatoms. The Morgan fingerprint density at radius 3 is 2.67 bits per heavy atom. The van der Waals surface area contributed by atoms with Gasteiger partial charge < -0.3 is 10.1 Å². The Morgan fingerprint density at radius 2 is 1.97 bits per heavy atom. The molecule has 1 unspecified atom stereocenters. The lowest BCUT2D eigenvalue weighted by molar-refractivity contribution is -0.124. The maximum Gasteiger partial charge on any atom is 0.264 e. The second-order valence-electron chi connectivity index (χ2n) is 8.46. The van der Waals surface area contributed by atoms with Gasteiger partial charge in [-0.1, -0.05) is 44.4 Å². The van der Waals surface area contributed by atoms with Crippen molar-refractivity contribution in [3.05, 3.63) is 70.1 Å². The van der Waals surface area contributed by atoms with Crippen molar-refractivity contribution in [1.29, 1.82) is 5.26 Å². The van der Waals surface area contributed by atoms with Crippen LogP contribution in [0.15, 0.2) is 53.5 Å². The van der Waals surface area contributed by atoms with Crippen molar-refractivity contribution < 1.29 is 9.53 Å². The second kappa shape index (κ2) is 10.3. The number of aryl methyl sites for hydroxylation is 1. The molecule has 0 spiro atoms. The number of nitrogens with zero attached hydrogens (tertiary/aromatic N) is 3. The minimum Gasteiger partial charge on any atom is -0.438 e. The lowest BCUT2D eigenvalue weighted by Gasteiger charge is -2.24. The van der Waals surface area contributed by atoms with E-state index >= 15 is 0 Å². The van der Waals surface area contributed by atoms with Crippen LogP contribution in [-0.2, 0) is 17.6 Å². The third kappa shape index (κ3) is 5.23. The highest BCUT2D eigenvalue weighted by Gasteiger charge is 2.26. The zero-order valence-corrected chi connectivity index (χ0v) is 18.8. The van der Waals surface area contributed by atoms with Crippen LogP contribution in [0.2, 0.25) is 0 Å². The molecular weight excluding hydrogens is 416 g/mol. The minimum absolute atomic E-state index is 0.0684. The number of nitriles is 1. The summed E-state index contributed by atoms with van der Waals surface area (Å²) in [6.07, 6.45) is 7.63. The van der Waals surface area contributed by atoms with Crippen molar-refractivity contribution >= 4 is 11.6 Å². The van der Waals surface area contributed by atoms with E-state index in [0.29, 0.717) is 11.4 Å². The van der Waals surface area contributed by atoms with Crippen molar-refractivity contribution in [2.24, 2.45) is 5.92 Å². The number of nitrogens with one attached hydrogen (secondary N) is 1. The van der Waals surface area contributed by atoms with E-state index in [0.717, 1.165) is 37.7 Å². The summed E-state index contributed by atoms with van der Waals surface area (Å²) in [7, 11) is 0. The van der Waals surface area contributed by atoms with E-state index in [-0.39, 0.29) is 35.4 Å². The number of fused-ring (bicyclic) bond motifs is 1. The van der Waals surface area contributed by atoms with Gasteiger partial charge in [-0.15, -0.1) is 0 Å². The predicted molar refractivity (Wildman–Crippen MR) is 125 cm³/mol. The van der Waals surface area contributed by atoms with Crippen LogP contribution in [0.5, 0.6) is 11.6 Å². The van der Waals surface area contributed by atoms with Crippen LogP contribution in [0.1, 0.15) is 50.2 Å². The number of hydrogen-bond donors (Lipinski definition) is 1. The molecule has 0 radical (unpaired) electrons. The van der Waals surface area contributed by atoms with Crippen LogP contribution in [0.3, 0.4) is 0 Å². The molecular formula is C26H28N4O3. The topological polar surface area (TPSA) is 96.5 Å². The van der Waals surface area contributed by atoms with E-state index in [2.05, 4.69) is 23.3 Å². The standard InChI is InChI=1S/C26H28N4O3/c1-2-18-11-13-21(14-12-18)33-25-22(26(32)30-15-7-6-10-23(30)29-25)16-19(17-27)24(31)28-20-8-4-3-5-9-20/h6-7,10-15,19-20H,2-5,8-9,16H2,1H3,(H,28,31). The fourth-order valence-corrected chi connectivity index (χ4v) is 4.22. The minimum atomic E-state index is -1.01. The van der Waals surface area contributed by atoms with Crippen LogP contribution in [0.25, 0.3) is 5.65 Å². The van der Waals surface area contributed by atoms with Crippen LogP contribution in [0, 0.1) is 17.2 Å². The Labute approximate surface area is 193 Å². The van der Waals surface area contributed by atoms with Gasteiger partial charge in [0.1, 0.15) is 17.3 Å². The molecule has 1 atom stereocenters. The van der Waals surface area contributed by atoms with Gasteiger partial charge in [0.25, 0.3) is 5.56 Å². The van der Waals surface area contributed by atoms with Gasteiger partial charge in [-0.3, -0.25) is 14.0 Å². The molecule has 4 rings (SSSR count). The Balaban J connectivity index is 1.65. The molecule has 33 heavy (non-hydrogen) atoms. The van der Waals surface area contributed by atoms with Gasteiger partial charge in [-0.05, 0) is 49.1 Å². The fraction of sp³-hybridized carbons (Fsp3) is 0.385. The summed E-state index contributed by atoms with van der Waals surface area (Å²) in [4.78, 5) is 30.7. The largest absolute Gasteiger partial charge is 0.438 e. The molecule has 1 aliphatic carbocycles. The number of aromatic nitrogens is 2. The number of rotatable bonds is 7. The maximum atomic E-state index is 13.3. The van der Waals surface area contributed by atoms with Gasteiger partial charge in [0.05, 0.1) is 11.6 Å². The van der Waals surface area contributed by atoms with E-state index in [1.807, 2.05) is 24.3 Å². The van der Waals surface area contributed by atoms with Crippen LogP contribution >= 0.6 is 0 Å². The highest BCUT2D eigenvalue weighted by atomic mass is 16.5. The quantitative estimate of drug-likeness (QED) is 0.590. The molecule has 2 heterocycles. The van der Waals surface area contributed by atoms with Crippen LogP contribution < -0.4 is 15.6 Å². The first-order valence-corrected chi connectivity index (χ1v) is 11.6. The third-order valence-electron chi connectivity index (χ3n) is 6.17. The molecule has 1 aromatic carbocycles. The number of pyridine rings is 1. The Bertz CT molecular complexity index is 1220. The van der Waals surface area contributed by atoms with Gasteiger partial charge in [-0.2, -0.15) is 10.2 Å². The molecule has 0 bridgehead atoms. The predicted octanol–water partition coefficient (Wildman–Crippen LogP) is 4.18. The van der Waals surface area contributed by atoms with Crippen molar-refractivity contribution in [1.82, 2.24) is 14.7 Å². The molecule has 1 saturated carbocycles. The number of carbonyl (C=O) groups is 1. The van der Waals surface area contributed by atoms with Crippen molar-refractivity contribution in [3.63, 3.8) is 0 Å². The van der Waals surface area contributed by atoms with Crippen LogP contribution in [0.4, 0.5) is 0 Å². The van der Waals surface area contributed by atoms with Gasteiger partial charge >= 0.3 is 0 Å². The van der Waals surface area contributed by atoms with Gasteiger partial charge in [-0.25, -0.2) is 0 Å². The van der Waals surface area contributed by atoms with Gasteiger partial charge in [0.15, 0.2) is 0 Å². The van der Waals surface area contributed by atoms with E-state index in [1.54, 1.807) is 24.4 Å². The maximum absolute atomic E-state index is 13.3. The average molecular weight is 445 g/mol. The summed E-state index contributed by atoms with van der Waals surface area (Å²) in [6, 6.07) is 15.0. The fourth-order valence-electron chi connectivity index (χ4n) is 4.22. The lowest BCUT2D eigenvalue weighted by atomic mass is 9.94. The Morgan fingerprint density at radius 1 is 1.21 bits per heavy atom. The van der Waals surface area contributed by atoms with Crippen LogP contribution in [-0.4, -0.2) is 21.3 Å². The summed E-state index contributed by atoms with van der Waals surface area (Å²) >= 11 is 0. The molecule has 3 aromatic rings. The zero-order chi connectivity index (χ0) is 23.2. The molecule has 7 nitrogen and oxygen atoms in total. The summed E-state index contributed by atoms with van der Waals surface area (Å²) in [5.74, 6) is -0.685. The third-order valence-corrected chi connectivity index (χ3v) is 6.17. The SMILES string of the molecule is CCc1ccc(Oc2nc3ccccn3c(=O)c2CC(C#N)C(=O)NC2CCCCC2)cc1. The normalized spacial score (nSPS) is 15.0. The summed E-state index contributed by atoms with van der Waals surface area (Å²) in [6.45, 7) is 2.07. The molecule has 170 valence electrons. The molecule has 0 saturated heterocycles. The molecule has 1 N–H and O–H groups in total. The van der Waals surface area contributed by atoms with E-state index in [9.17, 15) is 14.9 Å². The number of benzene rings is 1. The summed E-state index contributed by atoms with van der Waals surface area (Å²) < 4.78 is 7.42. The number of carbonyl (C=O) groups excluding carboxylic acids is 1. The highest BCUT2D eigenvalue weighted by molar-refractivity contribution is 5.81. The van der Waals surface area contributed by atoms with Gasteiger partial charge in [0, 0.05) is 18.7 Å². The number of ether oxygens (including phenoxy) is 1. The van der Waals surface area contributed by atoms with Crippen molar-refractivity contribution in [2.45, 2.75) is 57.9 Å². The summed E-state index contributed by atoms with van der Waals surface area (Å²) in [5, 5.41) is 12.7. The smallest absolute Gasteiger partial charge is 0.264 e. The first-order valence-electron chi connectivity index (χ1n) is 11.6. The Kier molecular flexibility index (Phi) is 7.04. The van der Waals surface area contributed by atoms with Crippen molar-refractivity contribution in [3.8, 4) is 17.7 Å². The van der Waals surface area contributed by atoms with Crippen molar-refractivity contribution in [2.75, 3.05) is 0 Å².